The summed E-state index contributed by atoms with van der Waals surface area (Å²) in [5.74, 6) is -0.278. The Balaban J connectivity index is 1.78. The van der Waals surface area contributed by atoms with Crippen LogP contribution >= 0.6 is 11.8 Å². The van der Waals surface area contributed by atoms with Crippen molar-refractivity contribution >= 4 is 17.7 Å². The molecule has 0 saturated carbocycles. The molecule has 1 amide bonds. The highest BCUT2D eigenvalue weighted by Gasteiger charge is 2.06. The molecular weight excluding hydrogens is 289 g/mol. The monoisotopic (exact) mass is 305 g/mol. The average molecular weight is 305 g/mol. The van der Waals surface area contributed by atoms with Crippen molar-refractivity contribution in [1.29, 1.82) is 0 Å². The third-order valence-electron chi connectivity index (χ3n) is 2.89. The Morgan fingerprint density at radius 1 is 1.10 bits per heavy atom. The van der Waals surface area contributed by atoms with Crippen LogP contribution < -0.4 is 5.32 Å². The maximum atomic E-state index is 13.4. The van der Waals surface area contributed by atoms with Gasteiger partial charge in [-0.15, -0.1) is 11.8 Å². The number of carbonyl (C=O) groups is 1. The maximum absolute atomic E-state index is 13.4. The predicted octanol–water partition coefficient (Wildman–Crippen LogP) is 2.73. The molecule has 0 bridgehead atoms. The largest absolute Gasteiger partial charge is 0.392 e. The molecule has 3 nitrogen and oxygen atoms in total. The van der Waals surface area contributed by atoms with Gasteiger partial charge in [0.1, 0.15) is 5.82 Å². The first-order valence-corrected chi connectivity index (χ1v) is 7.50. The Labute approximate surface area is 127 Å². The van der Waals surface area contributed by atoms with Gasteiger partial charge < -0.3 is 10.4 Å². The third kappa shape index (κ3) is 4.88. The fourth-order valence-corrected chi connectivity index (χ4v) is 2.49. The van der Waals surface area contributed by atoms with Crippen molar-refractivity contribution in [2.45, 2.75) is 18.0 Å². The van der Waals surface area contributed by atoms with Gasteiger partial charge in [-0.25, -0.2) is 4.39 Å². The van der Waals surface area contributed by atoms with Gasteiger partial charge in [0.2, 0.25) is 5.91 Å². The second-order valence-corrected chi connectivity index (χ2v) is 5.49. The predicted molar refractivity (Wildman–Crippen MR) is 81.3 cm³/mol. The van der Waals surface area contributed by atoms with Gasteiger partial charge in [0, 0.05) is 11.4 Å². The Bertz CT molecular complexity index is 601. The van der Waals surface area contributed by atoms with Gasteiger partial charge >= 0.3 is 0 Å². The number of rotatable bonds is 6. The van der Waals surface area contributed by atoms with Gasteiger partial charge in [0.25, 0.3) is 0 Å². The van der Waals surface area contributed by atoms with Crippen molar-refractivity contribution in [3.05, 3.63) is 65.5 Å². The number of nitrogens with one attached hydrogen (secondary N) is 1. The lowest BCUT2D eigenvalue weighted by atomic mass is 10.1. The molecule has 2 N–H and O–H groups in total. The molecule has 0 aromatic heterocycles. The van der Waals surface area contributed by atoms with Gasteiger partial charge in [0.05, 0.1) is 12.4 Å². The van der Waals surface area contributed by atoms with Crippen LogP contribution in [0.15, 0.2) is 53.4 Å². The van der Waals surface area contributed by atoms with E-state index in [1.165, 1.54) is 17.8 Å². The molecule has 0 fully saturated rings. The molecule has 0 saturated heterocycles. The van der Waals surface area contributed by atoms with Crippen molar-refractivity contribution in [1.82, 2.24) is 5.32 Å². The number of hydrogen-bond acceptors (Lipinski definition) is 3. The maximum Gasteiger partial charge on any atom is 0.230 e. The minimum atomic E-state index is -0.310. The summed E-state index contributed by atoms with van der Waals surface area (Å²) in [7, 11) is 0. The first kappa shape index (κ1) is 15.5. The van der Waals surface area contributed by atoms with Crippen LogP contribution in [0, 0.1) is 5.82 Å². The SMILES string of the molecule is O=C(CSc1ccccc1F)NCc1ccc(CO)cc1. The number of amides is 1. The molecule has 0 spiro atoms. The molecule has 21 heavy (non-hydrogen) atoms. The molecule has 0 heterocycles. The topological polar surface area (TPSA) is 49.3 Å². The molecule has 5 heteroatoms. The number of thioether (sulfide) groups is 1. The summed E-state index contributed by atoms with van der Waals surface area (Å²) in [5.41, 5.74) is 1.79. The van der Waals surface area contributed by atoms with Crippen molar-refractivity contribution < 1.29 is 14.3 Å². The van der Waals surface area contributed by atoms with E-state index in [2.05, 4.69) is 5.32 Å². The first-order valence-electron chi connectivity index (χ1n) is 6.52. The highest BCUT2D eigenvalue weighted by atomic mass is 32.2. The molecule has 0 radical (unpaired) electrons. The first-order chi connectivity index (χ1) is 10.2. The molecule has 0 unspecified atom stereocenters. The second-order valence-electron chi connectivity index (χ2n) is 4.47. The molecule has 0 aliphatic heterocycles. The van der Waals surface area contributed by atoms with Crippen LogP contribution in [-0.4, -0.2) is 16.8 Å². The summed E-state index contributed by atoms with van der Waals surface area (Å²) in [6.45, 7) is 0.425. The second kappa shape index (κ2) is 7.81. The van der Waals surface area contributed by atoms with Gasteiger partial charge in [0.15, 0.2) is 0 Å². The van der Waals surface area contributed by atoms with E-state index in [0.717, 1.165) is 11.1 Å². The van der Waals surface area contributed by atoms with Gasteiger partial charge in [-0.05, 0) is 23.3 Å². The summed E-state index contributed by atoms with van der Waals surface area (Å²) in [6, 6.07) is 13.7. The molecule has 110 valence electrons. The van der Waals surface area contributed by atoms with Crippen LogP contribution in [0.5, 0.6) is 0 Å². The fraction of sp³-hybridized carbons (Fsp3) is 0.188. The molecule has 0 aliphatic rings. The van der Waals surface area contributed by atoms with E-state index in [9.17, 15) is 9.18 Å². The Hall–Kier alpha value is -1.85. The van der Waals surface area contributed by atoms with Crippen molar-refractivity contribution in [3.63, 3.8) is 0 Å². The minimum Gasteiger partial charge on any atom is -0.392 e. The average Bonchev–Trinajstić information content (AvgIpc) is 2.52. The minimum absolute atomic E-state index is 0.00587. The number of aliphatic hydroxyl groups is 1. The van der Waals surface area contributed by atoms with Crippen molar-refractivity contribution in [2.75, 3.05) is 5.75 Å². The fourth-order valence-electron chi connectivity index (χ4n) is 1.72. The lowest BCUT2D eigenvalue weighted by molar-refractivity contribution is -0.118. The van der Waals surface area contributed by atoms with Gasteiger partial charge in [-0.3, -0.25) is 4.79 Å². The Kier molecular flexibility index (Phi) is 5.78. The van der Waals surface area contributed by atoms with Gasteiger partial charge in [-0.2, -0.15) is 0 Å². The smallest absolute Gasteiger partial charge is 0.230 e. The highest BCUT2D eigenvalue weighted by molar-refractivity contribution is 8.00. The molecule has 2 aromatic rings. The third-order valence-corrected chi connectivity index (χ3v) is 3.94. The Morgan fingerprint density at radius 2 is 1.76 bits per heavy atom. The van der Waals surface area contributed by atoms with Crippen LogP contribution in [0.3, 0.4) is 0 Å². The van der Waals surface area contributed by atoms with E-state index in [1.54, 1.807) is 18.2 Å². The van der Waals surface area contributed by atoms with E-state index in [-0.39, 0.29) is 24.1 Å². The lowest BCUT2D eigenvalue weighted by Gasteiger charge is -2.06. The van der Waals surface area contributed by atoms with Crippen LogP contribution in [0.2, 0.25) is 0 Å². The zero-order valence-corrected chi connectivity index (χ0v) is 12.2. The number of carbonyl (C=O) groups excluding carboxylic acids is 1. The molecular formula is C16H16FNO2S. The summed E-state index contributed by atoms with van der Waals surface area (Å²) < 4.78 is 13.4. The van der Waals surface area contributed by atoms with Crippen LogP contribution in [-0.2, 0) is 17.9 Å². The Morgan fingerprint density at radius 3 is 2.43 bits per heavy atom. The standard InChI is InChI=1S/C16H16FNO2S/c17-14-3-1-2-4-15(14)21-11-16(20)18-9-12-5-7-13(10-19)8-6-12/h1-8,19H,9-11H2,(H,18,20). The van der Waals surface area contributed by atoms with E-state index in [0.29, 0.717) is 11.4 Å². The number of aliphatic hydroxyl groups excluding tert-OH is 1. The summed E-state index contributed by atoms with van der Waals surface area (Å²) in [4.78, 5) is 12.2. The number of benzene rings is 2. The number of hydrogen-bond donors (Lipinski definition) is 2. The molecule has 2 aromatic carbocycles. The zero-order chi connectivity index (χ0) is 15.1. The van der Waals surface area contributed by atoms with Crippen LogP contribution in [0.1, 0.15) is 11.1 Å². The molecule has 0 aliphatic carbocycles. The lowest BCUT2D eigenvalue weighted by Crippen LogP contribution is -2.24. The highest BCUT2D eigenvalue weighted by Crippen LogP contribution is 2.20. The van der Waals surface area contributed by atoms with E-state index < -0.39 is 0 Å². The molecule has 0 atom stereocenters. The quantitative estimate of drug-likeness (QED) is 0.807. The summed E-state index contributed by atoms with van der Waals surface area (Å²) in [6.07, 6.45) is 0. The molecule has 2 rings (SSSR count). The van der Waals surface area contributed by atoms with Crippen molar-refractivity contribution in [3.8, 4) is 0 Å². The number of halogens is 1. The normalized spacial score (nSPS) is 10.4. The van der Waals surface area contributed by atoms with E-state index in [4.69, 9.17) is 5.11 Å². The van der Waals surface area contributed by atoms with E-state index >= 15 is 0 Å². The van der Waals surface area contributed by atoms with E-state index in [1.807, 2.05) is 24.3 Å². The van der Waals surface area contributed by atoms with Crippen LogP contribution in [0.25, 0.3) is 0 Å². The zero-order valence-electron chi connectivity index (χ0n) is 11.4. The van der Waals surface area contributed by atoms with Gasteiger partial charge in [-0.1, -0.05) is 36.4 Å². The summed E-state index contributed by atoms with van der Waals surface area (Å²) in [5, 5.41) is 11.7. The van der Waals surface area contributed by atoms with Crippen molar-refractivity contribution in [2.24, 2.45) is 0 Å². The summed E-state index contributed by atoms with van der Waals surface area (Å²) >= 11 is 1.18. The van der Waals surface area contributed by atoms with Crippen LogP contribution in [0.4, 0.5) is 4.39 Å².